The smallest absolute Gasteiger partial charge is 0.328 e. The number of rotatable bonds is 5. The van der Waals surface area contributed by atoms with Gasteiger partial charge in [0.25, 0.3) is 0 Å². The lowest BCUT2D eigenvalue weighted by atomic mass is 10.1. The zero-order valence-corrected chi connectivity index (χ0v) is 15.6. The van der Waals surface area contributed by atoms with Gasteiger partial charge in [0.1, 0.15) is 11.6 Å². The van der Waals surface area contributed by atoms with E-state index in [-0.39, 0.29) is 5.69 Å². The number of hydrogen-bond donors (Lipinski definition) is 1. The van der Waals surface area contributed by atoms with Crippen LogP contribution in [0.5, 0.6) is 0 Å². The number of imidazole rings is 1. The number of pyridine rings is 1. The van der Waals surface area contributed by atoms with Crippen LogP contribution in [0, 0.1) is 18.3 Å². The molecule has 2 heterocycles. The number of fused-ring (bicyclic) bond motifs is 1. The maximum absolute atomic E-state index is 12.0. The number of nitrogens with zero attached hydrogens (tertiary/aromatic N) is 5. The van der Waals surface area contributed by atoms with E-state index in [1.54, 1.807) is 36.6 Å². The molecule has 0 amide bonds. The fourth-order valence-electron chi connectivity index (χ4n) is 2.99. The first-order valence-electron chi connectivity index (χ1n) is 8.30. The molecule has 138 valence electrons. The Kier molecular flexibility index (Phi) is 5.05. The van der Waals surface area contributed by atoms with Crippen molar-refractivity contribution < 1.29 is 4.74 Å². The minimum atomic E-state index is -0.0782. The van der Waals surface area contributed by atoms with Gasteiger partial charge in [0.05, 0.1) is 23.9 Å². The normalized spacial score (nSPS) is 11.2. The molecule has 0 bridgehead atoms. The second-order valence-corrected chi connectivity index (χ2v) is 6.21. The van der Waals surface area contributed by atoms with Crippen molar-refractivity contribution in [2.75, 3.05) is 12.5 Å². The van der Waals surface area contributed by atoms with Gasteiger partial charge in [-0.1, -0.05) is 6.07 Å². The van der Waals surface area contributed by atoms with Crippen molar-refractivity contribution >= 4 is 23.1 Å². The number of hydrogen-bond acceptors (Lipinski definition) is 6. The Balaban J connectivity index is 1.90. The van der Waals surface area contributed by atoms with Crippen molar-refractivity contribution in [3.63, 3.8) is 0 Å². The Morgan fingerprint density at radius 3 is 2.74 bits per heavy atom. The van der Waals surface area contributed by atoms with Crippen LogP contribution < -0.4 is 11.1 Å². The van der Waals surface area contributed by atoms with E-state index < -0.39 is 0 Å². The minimum Gasteiger partial charge on any atom is -0.380 e. The van der Waals surface area contributed by atoms with Crippen LogP contribution in [0.15, 0.2) is 34.2 Å². The average Bonchev–Trinajstić information content (AvgIpc) is 2.86. The van der Waals surface area contributed by atoms with Crippen molar-refractivity contribution in [3.8, 4) is 6.07 Å². The van der Waals surface area contributed by atoms with Gasteiger partial charge in [0.15, 0.2) is 5.82 Å². The Bertz CT molecular complexity index is 1130. The molecule has 3 aromatic rings. The summed E-state index contributed by atoms with van der Waals surface area (Å²) in [6.07, 6.45) is 1.62. The number of benzene rings is 1. The number of aromatic nitrogens is 3. The fourth-order valence-corrected chi connectivity index (χ4v) is 2.99. The van der Waals surface area contributed by atoms with Gasteiger partial charge in [-0.3, -0.25) is 14.6 Å². The van der Waals surface area contributed by atoms with Gasteiger partial charge >= 0.3 is 5.69 Å². The predicted octanol–water partition coefficient (Wildman–Crippen LogP) is 2.04. The molecular weight excluding hydrogens is 344 g/mol. The molecule has 0 radical (unpaired) electrons. The van der Waals surface area contributed by atoms with Gasteiger partial charge in [0, 0.05) is 32.5 Å². The summed E-state index contributed by atoms with van der Waals surface area (Å²) < 4.78 is 8.33. The molecule has 2 aromatic heterocycles. The number of nitrogens with one attached hydrogen (secondary N) is 1. The van der Waals surface area contributed by atoms with E-state index >= 15 is 0 Å². The highest BCUT2D eigenvalue weighted by Gasteiger charge is 2.11. The van der Waals surface area contributed by atoms with Crippen LogP contribution in [-0.4, -0.2) is 27.4 Å². The molecule has 8 heteroatoms. The molecule has 0 aliphatic carbocycles. The molecule has 0 aliphatic heterocycles. The summed E-state index contributed by atoms with van der Waals surface area (Å²) in [5.41, 5.74) is 7.17. The van der Waals surface area contributed by atoms with Crippen LogP contribution in [0.25, 0.3) is 11.0 Å². The lowest BCUT2D eigenvalue weighted by molar-refractivity contribution is 0.184. The van der Waals surface area contributed by atoms with Gasteiger partial charge in [-0.05, 0) is 30.7 Å². The van der Waals surface area contributed by atoms with Gasteiger partial charge in [0.2, 0.25) is 0 Å². The Hall–Kier alpha value is -3.44. The molecule has 0 unspecified atom stereocenters. The third-order valence-electron chi connectivity index (χ3n) is 4.32. The average molecular weight is 364 g/mol. The Morgan fingerprint density at radius 2 is 2.04 bits per heavy atom. The molecule has 0 aliphatic rings. The number of anilines is 1. The summed E-state index contributed by atoms with van der Waals surface area (Å²) in [5.74, 6) is 0.383. The zero-order chi connectivity index (χ0) is 19.6. The molecule has 0 fully saturated rings. The van der Waals surface area contributed by atoms with E-state index in [1.807, 2.05) is 31.2 Å². The SMILES string of the molecule is COCc1cc(C)nc(N/N=C\c2ccc3c(c2)n(C)c(=O)n3C)c1C#N. The molecular formula is C19H20N6O2. The first kappa shape index (κ1) is 18.4. The minimum absolute atomic E-state index is 0.0782. The highest BCUT2D eigenvalue weighted by atomic mass is 16.5. The number of methoxy groups -OCH3 is 1. The Labute approximate surface area is 156 Å². The van der Waals surface area contributed by atoms with E-state index in [9.17, 15) is 10.1 Å². The van der Waals surface area contributed by atoms with E-state index in [1.165, 1.54) is 0 Å². The maximum Gasteiger partial charge on any atom is 0.328 e. The third-order valence-corrected chi connectivity index (χ3v) is 4.32. The van der Waals surface area contributed by atoms with Crippen molar-refractivity contribution in [2.24, 2.45) is 19.2 Å². The molecule has 0 saturated heterocycles. The van der Waals surface area contributed by atoms with E-state index in [4.69, 9.17) is 4.74 Å². The molecule has 8 nitrogen and oxygen atoms in total. The summed E-state index contributed by atoms with van der Waals surface area (Å²) in [6, 6.07) is 9.60. The highest BCUT2D eigenvalue weighted by molar-refractivity contribution is 5.87. The summed E-state index contributed by atoms with van der Waals surface area (Å²) in [7, 11) is 5.05. The van der Waals surface area contributed by atoms with Crippen molar-refractivity contribution in [3.05, 3.63) is 57.1 Å². The number of ether oxygens (including phenoxy) is 1. The Morgan fingerprint density at radius 1 is 1.30 bits per heavy atom. The summed E-state index contributed by atoms with van der Waals surface area (Å²) >= 11 is 0. The lowest BCUT2D eigenvalue weighted by Crippen LogP contribution is -2.19. The second kappa shape index (κ2) is 7.43. The predicted molar refractivity (Wildman–Crippen MR) is 104 cm³/mol. The third kappa shape index (κ3) is 3.45. The van der Waals surface area contributed by atoms with Crippen LogP contribution >= 0.6 is 0 Å². The topological polar surface area (TPSA) is 97.2 Å². The van der Waals surface area contributed by atoms with Crippen LogP contribution in [0.1, 0.15) is 22.4 Å². The molecule has 0 saturated carbocycles. The molecule has 3 rings (SSSR count). The molecule has 1 aromatic carbocycles. The number of nitriles is 1. The summed E-state index contributed by atoms with van der Waals surface area (Å²) in [6.45, 7) is 2.17. The van der Waals surface area contributed by atoms with Crippen molar-refractivity contribution in [1.82, 2.24) is 14.1 Å². The zero-order valence-electron chi connectivity index (χ0n) is 15.6. The highest BCUT2D eigenvalue weighted by Crippen LogP contribution is 2.19. The van der Waals surface area contributed by atoms with Gasteiger partial charge in [-0.15, -0.1) is 0 Å². The second-order valence-electron chi connectivity index (χ2n) is 6.21. The summed E-state index contributed by atoms with van der Waals surface area (Å²) in [4.78, 5) is 16.4. The standard InChI is InChI=1S/C19H20N6O2/c1-12-7-14(11-27-4)15(9-20)18(22-12)23-21-10-13-5-6-16-17(8-13)25(3)19(26)24(16)2/h5-8,10H,11H2,1-4H3,(H,22,23)/b21-10-. The quantitative estimate of drug-likeness (QED) is 0.552. The van der Waals surface area contributed by atoms with E-state index in [0.29, 0.717) is 18.0 Å². The van der Waals surface area contributed by atoms with Crippen LogP contribution in [0.4, 0.5) is 5.82 Å². The summed E-state index contributed by atoms with van der Waals surface area (Å²) in [5, 5.41) is 13.6. The van der Waals surface area contributed by atoms with Crippen LogP contribution in [-0.2, 0) is 25.4 Å². The van der Waals surface area contributed by atoms with Gasteiger partial charge in [-0.2, -0.15) is 10.4 Å². The fraction of sp³-hybridized carbons (Fsp3) is 0.263. The van der Waals surface area contributed by atoms with Crippen LogP contribution in [0.2, 0.25) is 0 Å². The van der Waals surface area contributed by atoms with E-state index in [2.05, 4.69) is 21.6 Å². The molecule has 0 spiro atoms. The monoisotopic (exact) mass is 364 g/mol. The molecule has 1 N–H and O–H groups in total. The van der Waals surface area contributed by atoms with Crippen molar-refractivity contribution in [2.45, 2.75) is 13.5 Å². The van der Waals surface area contributed by atoms with Crippen LogP contribution in [0.3, 0.4) is 0 Å². The largest absolute Gasteiger partial charge is 0.380 e. The van der Waals surface area contributed by atoms with Gasteiger partial charge in [-0.25, -0.2) is 9.78 Å². The first-order chi connectivity index (χ1) is 13.0. The molecule has 0 atom stereocenters. The molecule has 27 heavy (non-hydrogen) atoms. The van der Waals surface area contributed by atoms with Gasteiger partial charge < -0.3 is 4.74 Å². The van der Waals surface area contributed by atoms with Crippen molar-refractivity contribution in [1.29, 1.82) is 5.26 Å². The maximum atomic E-state index is 12.0. The number of aryl methyl sites for hydroxylation is 3. The lowest BCUT2D eigenvalue weighted by Gasteiger charge is -2.09. The number of hydrazone groups is 1. The van der Waals surface area contributed by atoms with E-state index in [0.717, 1.165) is 27.9 Å². The first-order valence-corrected chi connectivity index (χ1v) is 8.30.